The lowest BCUT2D eigenvalue weighted by molar-refractivity contribution is -0.187. The Labute approximate surface area is 97.0 Å². The third kappa shape index (κ3) is 2.69. The van der Waals surface area contributed by atoms with Gasteiger partial charge in [0.1, 0.15) is 0 Å². The molecule has 3 N–H and O–H groups in total. The third-order valence-electron chi connectivity index (χ3n) is 3.06. The summed E-state index contributed by atoms with van der Waals surface area (Å²) in [6.07, 6.45) is -2.99. The van der Waals surface area contributed by atoms with Crippen molar-refractivity contribution in [3.8, 4) is 6.07 Å². The lowest BCUT2D eigenvalue weighted by Crippen LogP contribution is -2.62. The number of nitrogens with one attached hydrogen (secondary N) is 1. The number of hydrogen-bond donors (Lipinski definition) is 2. The number of alkyl halides is 3. The predicted molar refractivity (Wildman–Crippen MR) is 53.5 cm³/mol. The summed E-state index contributed by atoms with van der Waals surface area (Å²) >= 11 is 0. The highest BCUT2D eigenvalue weighted by Crippen LogP contribution is 2.30. The summed E-state index contributed by atoms with van der Waals surface area (Å²) in [5.74, 6) is -1.71. The molecule has 0 aliphatic heterocycles. The number of amides is 1. The molecule has 1 fully saturated rings. The van der Waals surface area contributed by atoms with Crippen molar-refractivity contribution in [3.05, 3.63) is 0 Å². The van der Waals surface area contributed by atoms with Gasteiger partial charge in [-0.15, -0.1) is 0 Å². The minimum atomic E-state index is -4.81. The molecule has 1 saturated carbocycles. The largest absolute Gasteiger partial charge is 0.415 e. The van der Waals surface area contributed by atoms with Crippen LogP contribution < -0.4 is 11.1 Å². The van der Waals surface area contributed by atoms with Gasteiger partial charge in [0, 0.05) is 6.04 Å². The number of nitrogens with zero attached hydrogens (tertiary/aromatic N) is 1. The first-order valence-corrected chi connectivity index (χ1v) is 5.26. The molecule has 0 saturated heterocycles. The molecule has 1 amide bonds. The smallest absolute Gasteiger partial charge is 0.350 e. The SMILES string of the molecule is CC(N)(C(=O)NC1CCCC1C#N)C(F)(F)F. The van der Waals surface area contributed by atoms with E-state index < -0.39 is 29.6 Å². The first kappa shape index (κ1) is 13.8. The normalized spacial score (nSPS) is 28.2. The van der Waals surface area contributed by atoms with Gasteiger partial charge in [0.2, 0.25) is 5.91 Å². The quantitative estimate of drug-likeness (QED) is 0.768. The Morgan fingerprint density at radius 3 is 2.53 bits per heavy atom. The molecule has 17 heavy (non-hydrogen) atoms. The summed E-state index contributed by atoms with van der Waals surface area (Å²) < 4.78 is 37.5. The summed E-state index contributed by atoms with van der Waals surface area (Å²) in [5.41, 5.74) is 2.06. The fourth-order valence-electron chi connectivity index (χ4n) is 1.73. The van der Waals surface area contributed by atoms with Crippen LogP contribution >= 0.6 is 0 Å². The first-order chi connectivity index (χ1) is 7.70. The van der Waals surface area contributed by atoms with Gasteiger partial charge in [-0.1, -0.05) is 0 Å². The molecular formula is C10H14F3N3O. The maximum atomic E-state index is 12.5. The topological polar surface area (TPSA) is 78.9 Å². The van der Waals surface area contributed by atoms with E-state index in [1.165, 1.54) is 0 Å². The molecule has 0 bridgehead atoms. The zero-order valence-electron chi connectivity index (χ0n) is 9.34. The Bertz CT molecular complexity index is 346. The highest BCUT2D eigenvalue weighted by molar-refractivity contribution is 5.86. The van der Waals surface area contributed by atoms with E-state index in [0.717, 1.165) is 6.42 Å². The lowest BCUT2D eigenvalue weighted by Gasteiger charge is -2.28. The van der Waals surface area contributed by atoms with Gasteiger partial charge in [0.15, 0.2) is 5.54 Å². The second kappa shape index (κ2) is 4.53. The van der Waals surface area contributed by atoms with Crippen LogP contribution in [0.5, 0.6) is 0 Å². The fourth-order valence-corrected chi connectivity index (χ4v) is 1.73. The van der Waals surface area contributed by atoms with Gasteiger partial charge in [-0.05, 0) is 26.2 Å². The molecule has 7 heteroatoms. The molecule has 0 spiro atoms. The molecule has 0 aromatic heterocycles. The molecule has 0 aromatic carbocycles. The maximum Gasteiger partial charge on any atom is 0.415 e. The summed E-state index contributed by atoms with van der Waals surface area (Å²) in [5, 5.41) is 11.0. The second-order valence-electron chi connectivity index (χ2n) is 4.45. The molecule has 4 nitrogen and oxygen atoms in total. The second-order valence-corrected chi connectivity index (χ2v) is 4.45. The van der Waals surface area contributed by atoms with Crippen molar-refractivity contribution in [1.29, 1.82) is 5.26 Å². The maximum absolute atomic E-state index is 12.5. The van der Waals surface area contributed by atoms with Gasteiger partial charge in [-0.3, -0.25) is 4.79 Å². The van der Waals surface area contributed by atoms with E-state index in [-0.39, 0.29) is 0 Å². The predicted octanol–water partition coefficient (Wildman–Crippen LogP) is 1.07. The monoisotopic (exact) mass is 249 g/mol. The van der Waals surface area contributed by atoms with E-state index in [1.807, 2.05) is 6.07 Å². The van der Waals surface area contributed by atoms with E-state index in [9.17, 15) is 18.0 Å². The molecule has 3 unspecified atom stereocenters. The summed E-state index contributed by atoms with van der Waals surface area (Å²) in [4.78, 5) is 11.5. The zero-order chi connectivity index (χ0) is 13.3. The molecule has 1 aliphatic rings. The minimum Gasteiger partial charge on any atom is -0.350 e. The number of rotatable bonds is 2. The van der Waals surface area contributed by atoms with Gasteiger partial charge in [-0.2, -0.15) is 18.4 Å². The molecule has 0 aromatic rings. The van der Waals surface area contributed by atoms with Crippen molar-refractivity contribution < 1.29 is 18.0 Å². The van der Waals surface area contributed by atoms with E-state index in [1.54, 1.807) is 0 Å². The highest BCUT2D eigenvalue weighted by atomic mass is 19.4. The number of hydrogen-bond acceptors (Lipinski definition) is 3. The van der Waals surface area contributed by atoms with Crippen LogP contribution in [0.2, 0.25) is 0 Å². The molecule has 0 radical (unpaired) electrons. The molecule has 1 rings (SSSR count). The van der Waals surface area contributed by atoms with Crippen LogP contribution in [0.25, 0.3) is 0 Å². The first-order valence-electron chi connectivity index (χ1n) is 5.26. The Morgan fingerprint density at radius 1 is 1.47 bits per heavy atom. The van der Waals surface area contributed by atoms with Gasteiger partial charge in [0.25, 0.3) is 0 Å². The van der Waals surface area contributed by atoms with E-state index in [0.29, 0.717) is 19.8 Å². The van der Waals surface area contributed by atoms with Gasteiger partial charge in [0.05, 0.1) is 12.0 Å². The Hall–Kier alpha value is -1.29. The van der Waals surface area contributed by atoms with Crippen molar-refractivity contribution in [1.82, 2.24) is 5.32 Å². The van der Waals surface area contributed by atoms with Gasteiger partial charge >= 0.3 is 6.18 Å². The summed E-state index contributed by atoms with van der Waals surface area (Å²) in [6.45, 7) is 0.624. The molecule has 96 valence electrons. The summed E-state index contributed by atoms with van der Waals surface area (Å²) in [6, 6.07) is 1.44. The third-order valence-corrected chi connectivity index (χ3v) is 3.06. The number of carbonyl (C=O) groups is 1. The van der Waals surface area contributed by atoms with Crippen LogP contribution in [-0.4, -0.2) is 23.7 Å². The molecule has 0 heterocycles. The number of nitrogens with two attached hydrogens (primary N) is 1. The minimum absolute atomic E-state index is 0.428. The average molecular weight is 249 g/mol. The Balaban J connectivity index is 2.70. The Kier molecular flexibility index (Phi) is 3.67. The molecule has 1 aliphatic carbocycles. The fraction of sp³-hybridized carbons (Fsp3) is 0.800. The Morgan fingerprint density at radius 2 is 2.06 bits per heavy atom. The van der Waals surface area contributed by atoms with Crippen molar-refractivity contribution in [2.75, 3.05) is 0 Å². The highest BCUT2D eigenvalue weighted by Gasteiger charge is 2.54. The van der Waals surface area contributed by atoms with Crippen LogP contribution in [0.3, 0.4) is 0 Å². The average Bonchev–Trinajstić information content (AvgIpc) is 2.63. The van der Waals surface area contributed by atoms with Crippen molar-refractivity contribution in [3.63, 3.8) is 0 Å². The number of halogens is 3. The van der Waals surface area contributed by atoms with E-state index >= 15 is 0 Å². The van der Waals surface area contributed by atoms with Crippen molar-refractivity contribution in [2.45, 2.75) is 43.9 Å². The van der Waals surface area contributed by atoms with Gasteiger partial charge < -0.3 is 11.1 Å². The van der Waals surface area contributed by atoms with Crippen LogP contribution in [0.4, 0.5) is 13.2 Å². The molecule has 3 atom stereocenters. The zero-order valence-corrected chi connectivity index (χ0v) is 9.34. The lowest BCUT2D eigenvalue weighted by atomic mass is 9.99. The van der Waals surface area contributed by atoms with Crippen LogP contribution in [0.1, 0.15) is 26.2 Å². The number of carbonyl (C=O) groups excluding carboxylic acids is 1. The van der Waals surface area contributed by atoms with Crippen LogP contribution in [-0.2, 0) is 4.79 Å². The van der Waals surface area contributed by atoms with Crippen molar-refractivity contribution in [2.24, 2.45) is 11.7 Å². The standard InChI is InChI=1S/C10H14F3N3O/c1-9(15,10(11,12)13)8(17)16-7-4-2-3-6(7)5-14/h6-7H,2-4,15H2,1H3,(H,16,17). The van der Waals surface area contributed by atoms with Crippen LogP contribution in [0, 0.1) is 17.2 Å². The van der Waals surface area contributed by atoms with Gasteiger partial charge in [-0.25, -0.2) is 0 Å². The van der Waals surface area contributed by atoms with Crippen LogP contribution in [0.15, 0.2) is 0 Å². The van der Waals surface area contributed by atoms with E-state index in [2.05, 4.69) is 5.32 Å². The number of nitriles is 1. The van der Waals surface area contributed by atoms with E-state index in [4.69, 9.17) is 11.0 Å². The summed E-state index contributed by atoms with van der Waals surface area (Å²) in [7, 11) is 0. The van der Waals surface area contributed by atoms with Crippen molar-refractivity contribution >= 4 is 5.91 Å². The molecular weight excluding hydrogens is 235 g/mol.